The average Bonchev–Trinajstić information content (AvgIpc) is 1.38. The van der Waals surface area contributed by atoms with Crippen LogP contribution in [0.2, 0.25) is 0 Å². The molecule has 0 aromatic carbocycles. The van der Waals surface area contributed by atoms with Gasteiger partial charge in [0.15, 0.2) is 0 Å². The summed E-state index contributed by atoms with van der Waals surface area (Å²) in [5, 5.41) is 0. The van der Waals surface area contributed by atoms with Crippen LogP contribution in [-0.4, -0.2) is 6.26 Å². The molecule has 0 amide bonds. The molecule has 0 aliphatic heterocycles. The molecule has 0 saturated carbocycles. The molecule has 0 unspecified atom stereocenters. The summed E-state index contributed by atoms with van der Waals surface area (Å²) in [5.41, 5.74) is 0. The number of hydrogen-bond donors (Lipinski definition) is 0. The summed E-state index contributed by atoms with van der Waals surface area (Å²) in [6.45, 7) is 0. The number of rotatable bonds is 1. The quantitative estimate of drug-likeness (QED) is 0.381. The molecule has 1 nitrogen and oxygen atoms in total. The predicted octanol–water partition coefficient (Wildman–Crippen LogP) is 0.690. The third-order valence-corrected chi connectivity index (χ3v) is 2.45. The summed E-state index contributed by atoms with van der Waals surface area (Å²) < 4.78 is 9.70. The van der Waals surface area contributed by atoms with Gasteiger partial charge >= 0.3 is 0 Å². The Morgan fingerprint density at radius 1 is 2.00 bits per heavy atom. The third-order valence-electron chi connectivity index (χ3n) is 0.136. The minimum absolute atomic E-state index is 1.07. The maximum absolute atomic E-state index is 9.70. The maximum Gasteiger partial charge on any atom is -0.0366 e. The standard InChI is InChI=1S/CH3OS3/c1-4-5(2)3/h1H3/q-1. The molecule has 4 heteroatoms. The van der Waals surface area contributed by atoms with Crippen LogP contribution < -0.4 is 0 Å². The van der Waals surface area contributed by atoms with Gasteiger partial charge in [0.1, 0.15) is 0 Å². The fourth-order valence-corrected chi connectivity index (χ4v) is 0. The second-order valence-electron chi connectivity index (χ2n) is 0.371. The van der Waals surface area contributed by atoms with Gasteiger partial charge in [0.05, 0.1) is 0 Å². The van der Waals surface area contributed by atoms with Crippen molar-refractivity contribution in [1.82, 2.24) is 0 Å². The van der Waals surface area contributed by atoms with Crippen molar-refractivity contribution in [2.24, 2.45) is 0 Å². The molecule has 32 valence electrons. The van der Waals surface area contributed by atoms with Crippen LogP contribution in [0.15, 0.2) is 0 Å². The van der Waals surface area contributed by atoms with Crippen molar-refractivity contribution in [2.75, 3.05) is 6.26 Å². The first-order valence-corrected chi connectivity index (χ1v) is 4.72. The molecular formula is CH3OS3-. The Balaban J connectivity index is 3.23. The van der Waals surface area contributed by atoms with Crippen molar-refractivity contribution in [1.29, 1.82) is 0 Å². The van der Waals surface area contributed by atoms with E-state index in [1.54, 1.807) is 6.26 Å². The molecule has 0 aliphatic carbocycles. The highest BCUT2D eigenvalue weighted by Crippen LogP contribution is 1.87. The maximum atomic E-state index is 9.70. The Kier molecular flexibility index (Phi) is 3.35. The van der Waals surface area contributed by atoms with Gasteiger partial charge in [0.25, 0.3) is 0 Å². The lowest BCUT2D eigenvalue weighted by Crippen LogP contribution is -1.47. The van der Waals surface area contributed by atoms with Crippen molar-refractivity contribution in [3.63, 3.8) is 0 Å². The van der Waals surface area contributed by atoms with E-state index in [2.05, 4.69) is 11.2 Å². The smallest absolute Gasteiger partial charge is 0.0366 e. The fourth-order valence-electron chi connectivity index (χ4n) is 0. The molecule has 5 heavy (non-hydrogen) atoms. The topological polar surface area (TPSA) is 17.1 Å². The molecule has 0 aliphatic rings. The monoisotopic (exact) mass is 127 g/mol. The molecule has 0 atom stereocenters. The fraction of sp³-hybridized carbons (Fsp3) is 1.00. The van der Waals surface area contributed by atoms with Crippen LogP contribution in [-0.2, 0) is 23.8 Å². The molecule has 0 aromatic rings. The summed E-state index contributed by atoms with van der Waals surface area (Å²) in [4.78, 5) is 0. The summed E-state index contributed by atoms with van der Waals surface area (Å²) in [6.07, 6.45) is 1.71. The molecule has 0 aromatic heterocycles. The van der Waals surface area contributed by atoms with Crippen LogP contribution in [0.25, 0.3) is 0 Å². The lowest BCUT2D eigenvalue weighted by atomic mass is 12.0. The van der Waals surface area contributed by atoms with Crippen LogP contribution in [0, 0.1) is 0 Å². The van der Waals surface area contributed by atoms with Crippen molar-refractivity contribution in [3.05, 3.63) is 0 Å². The van der Waals surface area contributed by atoms with E-state index in [0.29, 0.717) is 0 Å². The second-order valence-corrected chi connectivity index (χ2v) is 4.56. The normalized spacial score (nSPS) is 9.20. The lowest BCUT2D eigenvalue weighted by Gasteiger charge is -1.82. The van der Waals surface area contributed by atoms with Crippen molar-refractivity contribution >= 4 is 30.4 Å². The molecular weight excluding hydrogens is 124 g/mol. The highest BCUT2D eigenvalue weighted by Gasteiger charge is 1.43. The second kappa shape index (κ2) is 2.93. The Morgan fingerprint density at radius 2 is 2.20 bits per heavy atom. The molecule has 0 heterocycles. The first-order valence-electron chi connectivity index (χ1n) is 0.908. The minimum atomic E-state index is -1.07. The molecule has 0 bridgehead atoms. The van der Waals surface area contributed by atoms with E-state index in [4.69, 9.17) is 0 Å². The largest absolute Gasteiger partial charge is 0.441 e. The molecule has 0 fully saturated rings. The van der Waals surface area contributed by atoms with E-state index in [1.165, 1.54) is 10.8 Å². The zero-order chi connectivity index (χ0) is 4.28. The highest BCUT2D eigenvalue weighted by atomic mass is 33.3. The zero-order valence-corrected chi connectivity index (χ0v) is 5.08. The average molecular weight is 127 g/mol. The van der Waals surface area contributed by atoms with Crippen molar-refractivity contribution < 1.29 is 4.21 Å². The first kappa shape index (κ1) is 5.72. The van der Waals surface area contributed by atoms with E-state index >= 15 is 0 Å². The van der Waals surface area contributed by atoms with Gasteiger partial charge in [0, 0.05) is 0 Å². The number of hydrogen-bond acceptors (Lipinski definition) is 4. The third kappa shape index (κ3) is 4.72. The molecule has 0 N–H and O–H groups in total. The summed E-state index contributed by atoms with van der Waals surface area (Å²) >= 11 is 4.22. The van der Waals surface area contributed by atoms with E-state index < -0.39 is 8.39 Å². The summed E-state index contributed by atoms with van der Waals surface area (Å²) in [6, 6.07) is 0. The van der Waals surface area contributed by atoms with Crippen LogP contribution in [0.3, 0.4) is 0 Å². The van der Waals surface area contributed by atoms with Crippen LogP contribution in [0.4, 0.5) is 0 Å². The first-order chi connectivity index (χ1) is 2.27. The zero-order valence-electron chi connectivity index (χ0n) is 2.63. The van der Waals surface area contributed by atoms with Crippen LogP contribution in [0.1, 0.15) is 0 Å². The summed E-state index contributed by atoms with van der Waals surface area (Å²) in [7, 11) is 0.0941. The van der Waals surface area contributed by atoms with Crippen LogP contribution in [0.5, 0.6) is 0 Å². The Bertz CT molecular complexity index is 65.0. The van der Waals surface area contributed by atoms with Gasteiger partial charge < -0.3 is 4.21 Å². The van der Waals surface area contributed by atoms with E-state index in [1.807, 2.05) is 0 Å². The summed E-state index contributed by atoms with van der Waals surface area (Å²) in [5.74, 6) is 0. The van der Waals surface area contributed by atoms with Crippen molar-refractivity contribution in [2.45, 2.75) is 0 Å². The van der Waals surface area contributed by atoms with Gasteiger partial charge in [-0.15, -0.1) is 0 Å². The Hall–Kier alpha value is 0.720. The van der Waals surface area contributed by atoms with Gasteiger partial charge in [-0.25, -0.2) is 22.0 Å². The van der Waals surface area contributed by atoms with Gasteiger partial charge in [-0.05, 0) is 6.26 Å². The molecule has 0 radical (unpaired) electrons. The Labute approximate surface area is 41.2 Å². The molecule has 0 saturated heterocycles. The van der Waals surface area contributed by atoms with E-state index in [9.17, 15) is 4.21 Å². The Morgan fingerprint density at radius 3 is 2.20 bits per heavy atom. The predicted molar refractivity (Wildman–Crippen MR) is 28.9 cm³/mol. The van der Waals surface area contributed by atoms with Gasteiger partial charge in [-0.1, -0.05) is 0 Å². The SMILES string of the molecule is CS[S-](=O)=S. The molecule has 0 spiro atoms. The van der Waals surface area contributed by atoms with E-state index in [-0.39, 0.29) is 0 Å². The van der Waals surface area contributed by atoms with Gasteiger partial charge in [-0.2, -0.15) is 8.39 Å². The van der Waals surface area contributed by atoms with Crippen LogP contribution >= 0.6 is 10.8 Å². The van der Waals surface area contributed by atoms with Gasteiger partial charge in [-0.3, -0.25) is 0 Å². The minimum Gasteiger partial charge on any atom is -0.441 e. The highest BCUT2D eigenvalue weighted by molar-refractivity contribution is 8.77. The van der Waals surface area contributed by atoms with E-state index in [0.717, 1.165) is 0 Å². The molecule has 0 rings (SSSR count). The van der Waals surface area contributed by atoms with Crippen molar-refractivity contribution in [3.8, 4) is 0 Å². The lowest BCUT2D eigenvalue weighted by molar-refractivity contribution is 0.610. The van der Waals surface area contributed by atoms with Gasteiger partial charge in [0.2, 0.25) is 0 Å².